The van der Waals surface area contributed by atoms with Gasteiger partial charge < -0.3 is 9.84 Å². The van der Waals surface area contributed by atoms with Gasteiger partial charge in [-0.2, -0.15) is 0 Å². The molecular weight excluding hydrogens is 311 g/mol. The zero-order valence-electron chi connectivity index (χ0n) is 10.4. The van der Waals surface area contributed by atoms with Gasteiger partial charge in [0.1, 0.15) is 18.2 Å². The molecule has 0 bridgehead atoms. The molecule has 2 nitrogen and oxygen atoms in total. The summed E-state index contributed by atoms with van der Waals surface area (Å²) in [7, 11) is 0. The smallest absolute Gasteiger partial charge is 0.129 e. The van der Waals surface area contributed by atoms with Gasteiger partial charge in [-0.05, 0) is 31.2 Å². The molecule has 0 saturated heterocycles. The van der Waals surface area contributed by atoms with Crippen molar-refractivity contribution in [2.75, 3.05) is 0 Å². The predicted octanol–water partition coefficient (Wildman–Crippen LogP) is 4.22. The topological polar surface area (TPSA) is 29.5 Å². The molecule has 2 rings (SSSR count). The number of hydrogen-bond donors (Lipinski definition) is 1. The molecule has 0 heterocycles. The van der Waals surface area contributed by atoms with Crippen LogP contribution in [0.2, 0.25) is 0 Å². The van der Waals surface area contributed by atoms with Crippen molar-refractivity contribution < 1.29 is 14.2 Å². The summed E-state index contributed by atoms with van der Waals surface area (Å²) in [5.74, 6) is 0.259. The number of aliphatic hydroxyl groups is 1. The maximum Gasteiger partial charge on any atom is 0.129 e. The highest BCUT2D eigenvalue weighted by atomic mass is 79.9. The average Bonchev–Trinajstić information content (AvgIpc) is 2.40. The van der Waals surface area contributed by atoms with Crippen LogP contribution in [-0.2, 0) is 6.61 Å². The van der Waals surface area contributed by atoms with E-state index in [1.807, 2.05) is 12.1 Å². The molecule has 2 aromatic rings. The number of para-hydroxylation sites is 1. The summed E-state index contributed by atoms with van der Waals surface area (Å²) in [5.41, 5.74) is 1.16. The highest BCUT2D eigenvalue weighted by Crippen LogP contribution is 2.26. The molecule has 1 N–H and O–H groups in total. The van der Waals surface area contributed by atoms with Crippen LogP contribution in [0.1, 0.15) is 24.2 Å². The Morgan fingerprint density at radius 3 is 2.74 bits per heavy atom. The molecular formula is C15H14BrFO2. The first-order chi connectivity index (χ1) is 9.08. The minimum absolute atomic E-state index is 0.120. The van der Waals surface area contributed by atoms with E-state index in [0.717, 1.165) is 4.47 Å². The van der Waals surface area contributed by atoms with Gasteiger partial charge in [0, 0.05) is 15.6 Å². The van der Waals surface area contributed by atoms with Crippen molar-refractivity contribution in [2.24, 2.45) is 0 Å². The Kier molecular flexibility index (Phi) is 4.56. The standard InChI is InChI=1S/C15H14BrFO2/c1-10(18)13-4-2-3-5-15(13)19-9-11-8-12(16)6-7-14(11)17/h2-8,10,18H,9H2,1H3/t10-/m0/s1. The maximum atomic E-state index is 13.6. The minimum Gasteiger partial charge on any atom is -0.488 e. The number of hydrogen-bond acceptors (Lipinski definition) is 2. The van der Waals surface area contributed by atoms with Gasteiger partial charge in [0.05, 0.1) is 6.10 Å². The molecule has 0 aliphatic carbocycles. The molecule has 0 saturated carbocycles. The van der Waals surface area contributed by atoms with Crippen LogP contribution in [0, 0.1) is 5.82 Å². The number of halogens is 2. The van der Waals surface area contributed by atoms with Crippen LogP contribution in [0.3, 0.4) is 0 Å². The van der Waals surface area contributed by atoms with E-state index >= 15 is 0 Å². The van der Waals surface area contributed by atoms with Crippen LogP contribution in [0.15, 0.2) is 46.9 Å². The number of aliphatic hydroxyl groups excluding tert-OH is 1. The van der Waals surface area contributed by atoms with Gasteiger partial charge in [-0.15, -0.1) is 0 Å². The van der Waals surface area contributed by atoms with E-state index in [9.17, 15) is 9.50 Å². The zero-order chi connectivity index (χ0) is 13.8. The van der Waals surface area contributed by atoms with Gasteiger partial charge in [-0.3, -0.25) is 0 Å². The Hall–Kier alpha value is -1.39. The summed E-state index contributed by atoms with van der Waals surface area (Å²) in [6.45, 7) is 1.79. The Bertz CT molecular complexity index is 570. The lowest BCUT2D eigenvalue weighted by molar-refractivity contribution is 0.190. The highest BCUT2D eigenvalue weighted by Gasteiger charge is 2.09. The first kappa shape index (κ1) is 14.0. The van der Waals surface area contributed by atoms with Crippen molar-refractivity contribution >= 4 is 15.9 Å². The van der Waals surface area contributed by atoms with Gasteiger partial charge in [0.2, 0.25) is 0 Å². The van der Waals surface area contributed by atoms with E-state index in [2.05, 4.69) is 15.9 Å². The van der Waals surface area contributed by atoms with Gasteiger partial charge in [-0.1, -0.05) is 34.1 Å². The van der Waals surface area contributed by atoms with Gasteiger partial charge in [0.15, 0.2) is 0 Å². The second-order valence-corrected chi connectivity index (χ2v) is 5.15. The van der Waals surface area contributed by atoms with E-state index in [0.29, 0.717) is 16.9 Å². The Balaban J connectivity index is 2.17. The lowest BCUT2D eigenvalue weighted by atomic mass is 10.1. The van der Waals surface area contributed by atoms with Crippen molar-refractivity contribution in [1.82, 2.24) is 0 Å². The first-order valence-corrected chi connectivity index (χ1v) is 6.71. The molecule has 100 valence electrons. The largest absolute Gasteiger partial charge is 0.488 e. The van der Waals surface area contributed by atoms with Crippen molar-refractivity contribution in [3.05, 3.63) is 63.9 Å². The van der Waals surface area contributed by atoms with Crippen LogP contribution in [-0.4, -0.2) is 5.11 Å². The number of rotatable bonds is 4. The summed E-state index contributed by atoms with van der Waals surface area (Å²) < 4.78 is 20.0. The summed E-state index contributed by atoms with van der Waals surface area (Å²) in [5, 5.41) is 9.64. The molecule has 0 aliphatic rings. The number of benzene rings is 2. The Labute approximate surface area is 120 Å². The molecule has 0 spiro atoms. The zero-order valence-corrected chi connectivity index (χ0v) is 12.0. The van der Waals surface area contributed by atoms with Crippen molar-refractivity contribution in [3.8, 4) is 5.75 Å². The third-order valence-electron chi connectivity index (χ3n) is 2.76. The lowest BCUT2D eigenvalue weighted by Gasteiger charge is -2.13. The van der Waals surface area contributed by atoms with E-state index in [-0.39, 0.29) is 12.4 Å². The van der Waals surface area contributed by atoms with E-state index in [1.54, 1.807) is 31.2 Å². The summed E-state index contributed by atoms with van der Waals surface area (Å²) in [6.07, 6.45) is -0.622. The van der Waals surface area contributed by atoms with Gasteiger partial charge in [-0.25, -0.2) is 4.39 Å². The minimum atomic E-state index is -0.622. The Morgan fingerprint density at radius 1 is 1.26 bits per heavy atom. The van der Waals surface area contributed by atoms with Gasteiger partial charge >= 0.3 is 0 Å². The summed E-state index contributed by atoms with van der Waals surface area (Å²) >= 11 is 3.30. The van der Waals surface area contributed by atoms with Crippen LogP contribution in [0.5, 0.6) is 5.75 Å². The van der Waals surface area contributed by atoms with Crippen LogP contribution in [0.4, 0.5) is 4.39 Å². The molecule has 0 fully saturated rings. The molecule has 0 radical (unpaired) electrons. The third-order valence-corrected chi connectivity index (χ3v) is 3.25. The molecule has 0 unspecified atom stereocenters. The average molecular weight is 325 g/mol. The molecule has 1 atom stereocenters. The van der Waals surface area contributed by atoms with Crippen molar-refractivity contribution in [2.45, 2.75) is 19.6 Å². The molecule has 19 heavy (non-hydrogen) atoms. The second-order valence-electron chi connectivity index (χ2n) is 4.24. The highest BCUT2D eigenvalue weighted by molar-refractivity contribution is 9.10. The first-order valence-electron chi connectivity index (χ1n) is 5.91. The molecule has 0 amide bonds. The van der Waals surface area contributed by atoms with Crippen LogP contribution >= 0.6 is 15.9 Å². The molecule has 4 heteroatoms. The van der Waals surface area contributed by atoms with Crippen molar-refractivity contribution in [3.63, 3.8) is 0 Å². The summed E-state index contributed by atoms with van der Waals surface area (Å²) in [4.78, 5) is 0. The summed E-state index contributed by atoms with van der Waals surface area (Å²) in [6, 6.07) is 11.9. The quantitative estimate of drug-likeness (QED) is 0.912. The number of ether oxygens (including phenoxy) is 1. The fraction of sp³-hybridized carbons (Fsp3) is 0.200. The van der Waals surface area contributed by atoms with Crippen molar-refractivity contribution in [1.29, 1.82) is 0 Å². The fourth-order valence-electron chi connectivity index (χ4n) is 1.77. The third kappa shape index (κ3) is 3.55. The van der Waals surface area contributed by atoms with Crippen LogP contribution < -0.4 is 4.74 Å². The van der Waals surface area contributed by atoms with E-state index < -0.39 is 6.10 Å². The lowest BCUT2D eigenvalue weighted by Crippen LogP contribution is -2.02. The van der Waals surface area contributed by atoms with Gasteiger partial charge in [0.25, 0.3) is 0 Å². The molecule has 2 aromatic carbocycles. The SMILES string of the molecule is C[C@H](O)c1ccccc1OCc1cc(Br)ccc1F. The fourth-order valence-corrected chi connectivity index (χ4v) is 2.18. The Morgan fingerprint density at radius 2 is 2.00 bits per heavy atom. The normalized spacial score (nSPS) is 12.2. The maximum absolute atomic E-state index is 13.6. The second kappa shape index (κ2) is 6.17. The molecule has 0 aromatic heterocycles. The predicted molar refractivity (Wildman–Crippen MR) is 75.5 cm³/mol. The van der Waals surface area contributed by atoms with E-state index in [4.69, 9.17) is 4.74 Å². The van der Waals surface area contributed by atoms with Crippen LogP contribution in [0.25, 0.3) is 0 Å². The molecule has 0 aliphatic heterocycles. The monoisotopic (exact) mass is 324 g/mol. The van der Waals surface area contributed by atoms with E-state index in [1.165, 1.54) is 6.07 Å².